The normalized spacial score (nSPS) is 11.1. The predicted octanol–water partition coefficient (Wildman–Crippen LogP) is -0.638. The van der Waals surface area contributed by atoms with E-state index < -0.39 is 15.9 Å². The number of benzene rings is 1. The van der Waals surface area contributed by atoms with Crippen LogP contribution in [0.25, 0.3) is 0 Å². The molecule has 7 nitrogen and oxygen atoms in total. The second kappa shape index (κ2) is 8.03. The molecule has 0 unspecified atom stereocenters. The van der Waals surface area contributed by atoms with Gasteiger partial charge >= 0.3 is 0 Å². The minimum atomic E-state index is -3.87. The zero-order valence-corrected chi connectivity index (χ0v) is 13.1. The summed E-state index contributed by atoms with van der Waals surface area (Å²) in [6, 6.07) is 6.06. The molecule has 1 aromatic rings. The van der Waals surface area contributed by atoms with Crippen LogP contribution in [0.4, 0.5) is 0 Å². The molecule has 0 heterocycles. The van der Waals surface area contributed by atoms with E-state index in [0.717, 1.165) is 0 Å². The van der Waals surface area contributed by atoms with Gasteiger partial charge in [-0.15, -0.1) is 0 Å². The molecule has 0 saturated heterocycles. The smallest absolute Gasteiger partial charge is 0.241 e. The molecule has 0 radical (unpaired) electrons. The standard InChI is InChI=1S/C12H17N3O4S2/c1-19-7-6-14-11(16)8-15-21(17,18)10-5-3-2-4-9(10)12(13)20/h2-5,15H,6-8H2,1H3,(H2,13,20)(H,14,16). The van der Waals surface area contributed by atoms with Crippen molar-refractivity contribution >= 4 is 33.1 Å². The fourth-order valence-corrected chi connectivity index (χ4v) is 2.94. The zero-order valence-electron chi connectivity index (χ0n) is 11.5. The highest BCUT2D eigenvalue weighted by Crippen LogP contribution is 2.14. The molecule has 0 aliphatic carbocycles. The molecule has 0 saturated carbocycles. The number of nitrogens with two attached hydrogens (primary N) is 1. The minimum absolute atomic E-state index is 0.0273. The van der Waals surface area contributed by atoms with Crippen LogP contribution in [0.15, 0.2) is 29.2 Å². The number of sulfonamides is 1. The summed E-state index contributed by atoms with van der Waals surface area (Å²) in [5.41, 5.74) is 5.73. The highest BCUT2D eigenvalue weighted by Gasteiger charge is 2.20. The van der Waals surface area contributed by atoms with Crippen molar-refractivity contribution in [3.8, 4) is 0 Å². The molecule has 0 spiro atoms. The first-order valence-corrected chi connectivity index (χ1v) is 7.91. The van der Waals surface area contributed by atoms with Gasteiger partial charge in [0.15, 0.2) is 0 Å². The number of rotatable bonds is 8. The van der Waals surface area contributed by atoms with Gasteiger partial charge in [0.25, 0.3) is 0 Å². The van der Waals surface area contributed by atoms with Crippen LogP contribution in [-0.4, -0.2) is 46.1 Å². The first kappa shape index (κ1) is 17.5. The molecule has 1 rings (SSSR count). The number of ether oxygens (including phenoxy) is 1. The summed E-state index contributed by atoms with van der Waals surface area (Å²) in [7, 11) is -2.37. The maximum absolute atomic E-state index is 12.2. The van der Waals surface area contributed by atoms with Crippen molar-refractivity contribution in [2.75, 3.05) is 26.8 Å². The van der Waals surface area contributed by atoms with Crippen molar-refractivity contribution in [3.63, 3.8) is 0 Å². The third kappa shape index (κ3) is 5.38. The number of amides is 1. The summed E-state index contributed by atoms with van der Waals surface area (Å²) < 4.78 is 31.3. The van der Waals surface area contributed by atoms with Crippen LogP contribution in [0.5, 0.6) is 0 Å². The summed E-state index contributed by atoms with van der Waals surface area (Å²) in [4.78, 5) is 11.4. The molecule has 116 valence electrons. The van der Waals surface area contributed by atoms with Crippen molar-refractivity contribution < 1.29 is 17.9 Å². The third-order valence-electron chi connectivity index (χ3n) is 2.49. The van der Waals surface area contributed by atoms with E-state index in [1.807, 2.05) is 0 Å². The van der Waals surface area contributed by atoms with Crippen LogP contribution >= 0.6 is 12.2 Å². The van der Waals surface area contributed by atoms with Gasteiger partial charge < -0.3 is 15.8 Å². The second-order valence-electron chi connectivity index (χ2n) is 4.03. The minimum Gasteiger partial charge on any atom is -0.389 e. The van der Waals surface area contributed by atoms with E-state index in [-0.39, 0.29) is 22.0 Å². The Balaban J connectivity index is 2.75. The van der Waals surface area contributed by atoms with E-state index in [2.05, 4.69) is 10.0 Å². The fourth-order valence-electron chi connectivity index (χ4n) is 1.50. The highest BCUT2D eigenvalue weighted by molar-refractivity contribution is 7.89. The Morgan fingerprint density at radius 3 is 2.67 bits per heavy atom. The molecule has 0 bridgehead atoms. The van der Waals surface area contributed by atoms with Gasteiger partial charge in [0, 0.05) is 19.2 Å². The Labute approximate surface area is 128 Å². The van der Waals surface area contributed by atoms with Gasteiger partial charge in [-0.2, -0.15) is 0 Å². The number of methoxy groups -OCH3 is 1. The van der Waals surface area contributed by atoms with E-state index in [1.165, 1.54) is 19.2 Å². The Hall–Kier alpha value is -1.55. The number of carbonyl (C=O) groups excluding carboxylic acids is 1. The average Bonchev–Trinajstić information content (AvgIpc) is 2.45. The highest BCUT2D eigenvalue weighted by atomic mass is 32.2. The van der Waals surface area contributed by atoms with E-state index in [1.54, 1.807) is 12.1 Å². The van der Waals surface area contributed by atoms with Crippen LogP contribution in [0.2, 0.25) is 0 Å². The van der Waals surface area contributed by atoms with Gasteiger partial charge in [0.2, 0.25) is 15.9 Å². The quantitative estimate of drug-likeness (QED) is 0.432. The molecule has 0 aromatic heterocycles. The van der Waals surface area contributed by atoms with Crippen molar-refractivity contribution in [1.82, 2.24) is 10.0 Å². The monoisotopic (exact) mass is 331 g/mol. The van der Waals surface area contributed by atoms with Crippen molar-refractivity contribution in [2.45, 2.75) is 4.90 Å². The summed E-state index contributed by atoms with van der Waals surface area (Å²) >= 11 is 4.82. The average molecular weight is 331 g/mol. The molecule has 21 heavy (non-hydrogen) atoms. The topological polar surface area (TPSA) is 111 Å². The second-order valence-corrected chi connectivity index (χ2v) is 6.20. The van der Waals surface area contributed by atoms with Gasteiger partial charge in [-0.05, 0) is 6.07 Å². The summed E-state index contributed by atoms with van der Waals surface area (Å²) in [5.74, 6) is -0.455. The van der Waals surface area contributed by atoms with Gasteiger partial charge in [-0.1, -0.05) is 30.4 Å². The lowest BCUT2D eigenvalue weighted by Gasteiger charge is -2.10. The molecule has 9 heteroatoms. The summed E-state index contributed by atoms with van der Waals surface area (Å²) in [6.45, 7) is 0.279. The van der Waals surface area contributed by atoms with Gasteiger partial charge in [-0.3, -0.25) is 4.79 Å². The molecular weight excluding hydrogens is 314 g/mol. The van der Waals surface area contributed by atoms with Crippen LogP contribution in [0.3, 0.4) is 0 Å². The number of nitrogens with one attached hydrogen (secondary N) is 2. The Kier molecular flexibility index (Phi) is 6.69. The molecule has 0 aliphatic rings. The first-order chi connectivity index (χ1) is 9.88. The molecule has 1 amide bonds. The van der Waals surface area contributed by atoms with Gasteiger partial charge in [0.1, 0.15) is 4.99 Å². The van der Waals surface area contributed by atoms with Gasteiger partial charge in [-0.25, -0.2) is 13.1 Å². The Bertz CT molecular complexity index is 617. The fraction of sp³-hybridized carbons (Fsp3) is 0.333. The molecular formula is C12H17N3O4S2. The lowest BCUT2D eigenvalue weighted by molar-refractivity contribution is -0.120. The Morgan fingerprint density at radius 2 is 2.05 bits per heavy atom. The molecule has 4 N–H and O–H groups in total. The van der Waals surface area contributed by atoms with Crippen LogP contribution < -0.4 is 15.8 Å². The predicted molar refractivity (Wildman–Crippen MR) is 82.4 cm³/mol. The number of carbonyl (C=O) groups is 1. The molecule has 1 aromatic carbocycles. The maximum Gasteiger partial charge on any atom is 0.241 e. The van der Waals surface area contributed by atoms with Crippen molar-refractivity contribution in [2.24, 2.45) is 5.73 Å². The van der Waals surface area contributed by atoms with Crippen LogP contribution in [-0.2, 0) is 19.6 Å². The van der Waals surface area contributed by atoms with E-state index in [4.69, 9.17) is 22.7 Å². The lowest BCUT2D eigenvalue weighted by Crippen LogP contribution is -2.38. The first-order valence-electron chi connectivity index (χ1n) is 6.02. The summed E-state index contributed by atoms with van der Waals surface area (Å²) in [6.07, 6.45) is 0. The Morgan fingerprint density at radius 1 is 1.38 bits per heavy atom. The van der Waals surface area contributed by atoms with Crippen LogP contribution in [0.1, 0.15) is 5.56 Å². The number of hydrogen-bond acceptors (Lipinski definition) is 5. The van der Waals surface area contributed by atoms with E-state index in [9.17, 15) is 13.2 Å². The zero-order chi connectivity index (χ0) is 15.9. The SMILES string of the molecule is COCCNC(=O)CNS(=O)(=O)c1ccccc1C(N)=S. The summed E-state index contributed by atoms with van der Waals surface area (Å²) in [5, 5.41) is 2.50. The third-order valence-corrected chi connectivity index (χ3v) is 4.17. The van der Waals surface area contributed by atoms with E-state index >= 15 is 0 Å². The molecule has 0 fully saturated rings. The number of thiocarbonyl (C=S) groups is 1. The van der Waals surface area contributed by atoms with Crippen molar-refractivity contribution in [1.29, 1.82) is 0 Å². The number of hydrogen-bond donors (Lipinski definition) is 3. The van der Waals surface area contributed by atoms with E-state index in [0.29, 0.717) is 13.2 Å². The van der Waals surface area contributed by atoms with Crippen molar-refractivity contribution in [3.05, 3.63) is 29.8 Å². The largest absolute Gasteiger partial charge is 0.389 e. The lowest BCUT2D eigenvalue weighted by atomic mass is 10.2. The molecule has 0 aliphatic heterocycles. The van der Waals surface area contributed by atoms with Crippen LogP contribution in [0, 0.1) is 0 Å². The van der Waals surface area contributed by atoms with Gasteiger partial charge in [0.05, 0.1) is 18.0 Å². The molecule has 0 atom stereocenters. The maximum atomic E-state index is 12.2.